The second-order valence-corrected chi connectivity index (χ2v) is 4.64. The average molecular weight is 289 g/mol. The van der Waals surface area contributed by atoms with Crippen molar-refractivity contribution in [1.82, 2.24) is 4.90 Å². The van der Waals surface area contributed by atoms with Crippen LogP contribution in [0.25, 0.3) is 0 Å². The van der Waals surface area contributed by atoms with E-state index in [0.717, 1.165) is 17.0 Å². The first-order valence-corrected chi connectivity index (χ1v) is 5.93. The number of carbonyl (C=O) groups excluding carboxylic acids is 1. The molecule has 0 bridgehead atoms. The van der Waals surface area contributed by atoms with Crippen molar-refractivity contribution in [1.29, 1.82) is 0 Å². The molecule has 19 heavy (non-hydrogen) atoms. The molecule has 1 aromatic carbocycles. The third kappa shape index (κ3) is 4.75. The van der Waals surface area contributed by atoms with Gasteiger partial charge in [-0.05, 0) is 32.0 Å². The molecule has 1 aromatic rings. The molecule has 0 saturated heterocycles. The first-order chi connectivity index (χ1) is 8.79. The molecule has 104 valence electrons. The zero-order valence-electron chi connectivity index (χ0n) is 10.5. The molecule has 0 unspecified atom stereocenters. The molecule has 0 radical (unpaired) electrons. The van der Waals surface area contributed by atoms with Crippen LogP contribution in [0.3, 0.4) is 0 Å². The molecule has 0 fully saturated rings. The maximum atomic E-state index is 13.1. The monoisotopic (exact) mass is 288 g/mol. The lowest BCUT2D eigenvalue weighted by molar-refractivity contribution is -0.137. The highest BCUT2D eigenvalue weighted by atomic mass is 35.5. The predicted molar refractivity (Wildman–Crippen MR) is 69.9 cm³/mol. The zero-order chi connectivity index (χ0) is 14.6. The first-order valence-electron chi connectivity index (χ1n) is 5.55. The Morgan fingerprint density at radius 2 is 2.05 bits per heavy atom. The summed E-state index contributed by atoms with van der Waals surface area (Å²) in [5.74, 6) is -1.71. The largest absolute Gasteiger partial charge is 0.480 e. The quantitative estimate of drug-likeness (QED) is 0.895. The summed E-state index contributed by atoms with van der Waals surface area (Å²) in [6, 6.07) is 2.65. The van der Waals surface area contributed by atoms with Crippen LogP contribution in [0.5, 0.6) is 0 Å². The number of hydrogen-bond acceptors (Lipinski definition) is 2. The van der Waals surface area contributed by atoms with E-state index < -0.39 is 24.4 Å². The number of hydrogen-bond donors (Lipinski definition) is 2. The highest BCUT2D eigenvalue weighted by molar-refractivity contribution is 6.30. The fraction of sp³-hybridized carbons (Fsp3) is 0.333. The summed E-state index contributed by atoms with van der Waals surface area (Å²) < 4.78 is 13.1. The molecule has 1 rings (SSSR count). The van der Waals surface area contributed by atoms with E-state index in [2.05, 4.69) is 5.32 Å². The van der Waals surface area contributed by atoms with Crippen LogP contribution in [0.15, 0.2) is 18.2 Å². The predicted octanol–water partition coefficient (Wildman–Crippen LogP) is 2.81. The Hall–Kier alpha value is -1.82. The Morgan fingerprint density at radius 3 is 2.53 bits per heavy atom. The lowest BCUT2D eigenvalue weighted by atomic mass is 10.3. The summed E-state index contributed by atoms with van der Waals surface area (Å²) in [4.78, 5) is 23.7. The third-order valence-corrected chi connectivity index (χ3v) is 2.52. The Labute approximate surface area is 115 Å². The van der Waals surface area contributed by atoms with E-state index in [1.54, 1.807) is 13.8 Å². The molecule has 0 atom stereocenters. The summed E-state index contributed by atoms with van der Waals surface area (Å²) in [5, 5.41) is 11.3. The standard InChI is InChI=1S/C12H14ClFN2O3/c1-7(2)16(6-11(17)18)12(19)15-10-4-8(13)3-9(14)5-10/h3-5,7H,6H2,1-2H3,(H,15,19)(H,17,18). The molecule has 7 heteroatoms. The SMILES string of the molecule is CC(C)N(CC(=O)O)C(=O)Nc1cc(F)cc(Cl)c1. The molecule has 0 aliphatic heterocycles. The number of carboxylic acid groups (broad SMARTS) is 1. The van der Waals surface area contributed by atoms with Crippen molar-refractivity contribution in [2.75, 3.05) is 11.9 Å². The molecule has 5 nitrogen and oxygen atoms in total. The van der Waals surface area contributed by atoms with Crippen molar-refractivity contribution in [3.05, 3.63) is 29.0 Å². The van der Waals surface area contributed by atoms with Crippen LogP contribution < -0.4 is 5.32 Å². The molecular weight excluding hydrogens is 275 g/mol. The van der Waals surface area contributed by atoms with E-state index in [-0.39, 0.29) is 16.8 Å². The minimum Gasteiger partial charge on any atom is -0.480 e. The number of anilines is 1. The highest BCUT2D eigenvalue weighted by Crippen LogP contribution is 2.18. The maximum absolute atomic E-state index is 13.1. The Balaban J connectivity index is 2.83. The van der Waals surface area contributed by atoms with Crippen molar-refractivity contribution < 1.29 is 19.1 Å². The highest BCUT2D eigenvalue weighted by Gasteiger charge is 2.20. The third-order valence-electron chi connectivity index (χ3n) is 2.30. The number of halogens is 2. The van der Waals surface area contributed by atoms with Crippen LogP contribution in [0.2, 0.25) is 5.02 Å². The van der Waals surface area contributed by atoms with Crippen molar-refractivity contribution in [3.63, 3.8) is 0 Å². The average Bonchev–Trinajstić information content (AvgIpc) is 2.23. The van der Waals surface area contributed by atoms with Gasteiger partial charge in [0.2, 0.25) is 0 Å². The number of urea groups is 1. The fourth-order valence-corrected chi connectivity index (χ4v) is 1.68. The molecule has 0 aromatic heterocycles. The van der Waals surface area contributed by atoms with Crippen molar-refractivity contribution >= 4 is 29.3 Å². The van der Waals surface area contributed by atoms with Gasteiger partial charge in [-0.25, -0.2) is 9.18 Å². The number of aliphatic carboxylic acids is 1. The number of carbonyl (C=O) groups is 2. The van der Waals surface area contributed by atoms with E-state index in [1.807, 2.05) is 0 Å². The van der Waals surface area contributed by atoms with Gasteiger partial charge in [-0.2, -0.15) is 0 Å². The molecule has 0 heterocycles. The van der Waals surface area contributed by atoms with Crippen LogP contribution in [0, 0.1) is 5.82 Å². The summed E-state index contributed by atoms with van der Waals surface area (Å²) in [5.41, 5.74) is 0.172. The Bertz CT molecular complexity index is 474. The minimum absolute atomic E-state index is 0.143. The van der Waals surface area contributed by atoms with Gasteiger partial charge in [-0.15, -0.1) is 0 Å². The second kappa shape index (κ2) is 6.38. The van der Waals surface area contributed by atoms with Crippen molar-refractivity contribution in [3.8, 4) is 0 Å². The normalized spacial score (nSPS) is 10.4. The molecular formula is C12H14ClFN2O3. The molecule has 0 aliphatic rings. The van der Waals surface area contributed by atoms with Gasteiger partial charge in [0.15, 0.2) is 0 Å². The number of benzene rings is 1. The Kier molecular flexibility index (Phi) is 5.11. The lowest BCUT2D eigenvalue weighted by Gasteiger charge is -2.25. The lowest BCUT2D eigenvalue weighted by Crippen LogP contribution is -2.43. The van der Waals surface area contributed by atoms with E-state index in [0.29, 0.717) is 0 Å². The number of rotatable bonds is 4. The molecule has 0 saturated carbocycles. The van der Waals surface area contributed by atoms with Crippen LogP contribution >= 0.6 is 11.6 Å². The van der Waals surface area contributed by atoms with Gasteiger partial charge in [0.05, 0.1) is 0 Å². The Morgan fingerprint density at radius 1 is 1.42 bits per heavy atom. The van der Waals surface area contributed by atoms with Gasteiger partial charge < -0.3 is 15.3 Å². The molecule has 2 N–H and O–H groups in total. The minimum atomic E-state index is -1.12. The summed E-state index contributed by atoms with van der Waals surface area (Å²) in [6.45, 7) is 2.93. The number of amides is 2. The summed E-state index contributed by atoms with van der Waals surface area (Å²) in [7, 11) is 0. The van der Waals surface area contributed by atoms with Gasteiger partial charge in [0, 0.05) is 16.8 Å². The summed E-state index contributed by atoms with van der Waals surface area (Å²) >= 11 is 5.66. The van der Waals surface area contributed by atoms with Gasteiger partial charge in [0.25, 0.3) is 0 Å². The van der Waals surface area contributed by atoms with Gasteiger partial charge >= 0.3 is 12.0 Å². The zero-order valence-corrected chi connectivity index (χ0v) is 11.2. The number of nitrogens with zero attached hydrogens (tertiary/aromatic N) is 1. The van der Waals surface area contributed by atoms with E-state index in [4.69, 9.17) is 16.7 Å². The van der Waals surface area contributed by atoms with Gasteiger partial charge in [-0.3, -0.25) is 4.79 Å². The topological polar surface area (TPSA) is 69.6 Å². The van der Waals surface area contributed by atoms with E-state index >= 15 is 0 Å². The van der Waals surface area contributed by atoms with Gasteiger partial charge in [0.1, 0.15) is 12.4 Å². The number of nitrogens with one attached hydrogen (secondary N) is 1. The van der Waals surface area contributed by atoms with Crippen LogP contribution in [-0.2, 0) is 4.79 Å². The number of carboxylic acids is 1. The fourth-order valence-electron chi connectivity index (χ4n) is 1.46. The van der Waals surface area contributed by atoms with Crippen LogP contribution in [-0.4, -0.2) is 34.6 Å². The summed E-state index contributed by atoms with van der Waals surface area (Å²) in [6.07, 6.45) is 0. The molecule has 0 spiro atoms. The van der Waals surface area contributed by atoms with Crippen molar-refractivity contribution in [2.45, 2.75) is 19.9 Å². The van der Waals surface area contributed by atoms with Crippen LogP contribution in [0.4, 0.5) is 14.9 Å². The van der Waals surface area contributed by atoms with Crippen molar-refractivity contribution in [2.24, 2.45) is 0 Å². The maximum Gasteiger partial charge on any atom is 0.323 e. The second-order valence-electron chi connectivity index (χ2n) is 4.20. The first kappa shape index (κ1) is 15.2. The van der Waals surface area contributed by atoms with E-state index in [9.17, 15) is 14.0 Å². The van der Waals surface area contributed by atoms with E-state index in [1.165, 1.54) is 6.07 Å². The van der Waals surface area contributed by atoms with Gasteiger partial charge in [-0.1, -0.05) is 11.6 Å². The smallest absolute Gasteiger partial charge is 0.323 e. The molecule has 2 amide bonds. The van der Waals surface area contributed by atoms with Crippen LogP contribution in [0.1, 0.15) is 13.8 Å². The molecule has 0 aliphatic carbocycles.